The quantitative estimate of drug-likeness (QED) is 0.660. The maximum Gasteiger partial charge on any atom is 0.214 e. The van der Waals surface area contributed by atoms with Gasteiger partial charge < -0.3 is 10.5 Å². The molecule has 2 unspecified atom stereocenters. The molecule has 1 heterocycles. The van der Waals surface area contributed by atoms with Crippen molar-refractivity contribution in [3.05, 3.63) is 29.3 Å². The number of hydrogen-bond donors (Lipinski definition) is 1. The van der Waals surface area contributed by atoms with Crippen LogP contribution >= 0.6 is 0 Å². The van der Waals surface area contributed by atoms with Gasteiger partial charge in [0.15, 0.2) is 0 Å². The molecule has 2 aliphatic rings. The number of aryl methyl sites for hydroxylation is 1. The van der Waals surface area contributed by atoms with Crippen molar-refractivity contribution in [3.8, 4) is 5.75 Å². The van der Waals surface area contributed by atoms with Gasteiger partial charge in [-0.3, -0.25) is 0 Å². The fourth-order valence-electron chi connectivity index (χ4n) is 5.29. The van der Waals surface area contributed by atoms with Crippen LogP contribution in [0.4, 0.5) is 0 Å². The third-order valence-electron chi connectivity index (χ3n) is 6.95. The molecule has 29 heavy (non-hydrogen) atoms. The molecule has 1 aromatic rings. The van der Waals surface area contributed by atoms with Gasteiger partial charge in [0.2, 0.25) is 10.0 Å². The van der Waals surface area contributed by atoms with Crippen molar-refractivity contribution in [1.29, 1.82) is 0 Å². The fourth-order valence-corrected chi connectivity index (χ4v) is 6.83. The lowest BCUT2D eigenvalue weighted by Crippen LogP contribution is -2.40. The van der Waals surface area contributed by atoms with Crippen LogP contribution in [0.1, 0.15) is 56.6 Å². The number of benzene rings is 1. The van der Waals surface area contributed by atoms with E-state index in [2.05, 4.69) is 18.2 Å². The summed E-state index contributed by atoms with van der Waals surface area (Å²) in [6, 6.07) is 6.50. The van der Waals surface area contributed by atoms with Crippen LogP contribution in [0.15, 0.2) is 18.2 Å². The summed E-state index contributed by atoms with van der Waals surface area (Å²) in [5.41, 5.74) is 8.88. The van der Waals surface area contributed by atoms with Crippen molar-refractivity contribution in [2.75, 3.05) is 32.5 Å². The number of fused-ring (bicyclic) bond motifs is 1. The minimum absolute atomic E-state index is 0.278. The number of rotatable bonds is 9. The summed E-state index contributed by atoms with van der Waals surface area (Å²) in [4.78, 5) is 0. The van der Waals surface area contributed by atoms with E-state index >= 15 is 0 Å². The minimum Gasteiger partial charge on any atom is -0.497 e. The lowest BCUT2D eigenvalue weighted by atomic mass is 9.72. The molecule has 2 N–H and O–H groups in total. The topological polar surface area (TPSA) is 72.6 Å². The van der Waals surface area contributed by atoms with Gasteiger partial charge in [-0.05, 0) is 98.9 Å². The van der Waals surface area contributed by atoms with Gasteiger partial charge in [-0.15, -0.1) is 0 Å². The van der Waals surface area contributed by atoms with Crippen LogP contribution in [-0.4, -0.2) is 45.2 Å². The minimum atomic E-state index is -3.05. The van der Waals surface area contributed by atoms with Crippen LogP contribution in [0.5, 0.6) is 5.75 Å². The summed E-state index contributed by atoms with van der Waals surface area (Å²) in [5.74, 6) is 3.17. The molecule has 0 radical (unpaired) electrons. The lowest BCUT2D eigenvalue weighted by molar-refractivity contribution is 0.187. The van der Waals surface area contributed by atoms with Crippen LogP contribution < -0.4 is 10.5 Å². The SMILES string of the molecule is CCCS(=O)(=O)N1CCC(CC(CCN)C2CCc3cc(OC)ccc3C2)CC1. The first-order valence-corrected chi connectivity index (χ1v) is 12.9. The van der Waals surface area contributed by atoms with Crippen molar-refractivity contribution in [3.63, 3.8) is 0 Å². The average Bonchev–Trinajstić information content (AvgIpc) is 2.73. The number of methoxy groups -OCH3 is 1. The van der Waals surface area contributed by atoms with Gasteiger partial charge in [0.1, 0.15) is 5.75 Å². The second-order valence-corrected chi connectivity index (χ2v) is 11.0. The molecule has 0 aromatic heterocycles. The molecule has 0 saturated carbocycles. The Morgan fingerprint density at radius 3 is 2.62 bits per heavy atom. The molecule has 0 bridgehead atoms. The molecule has 1 saturated heterocycles. The third kappa shape index (κ3) is 5.74. The molecule has 1 aliphatic carbocycles. The maximum absolute atomic E-state index is 12.3. The van der Waals surface area contributed by atoms with Crippen LogP contribution in [0, 0.1) is 17.8 Å². The molecule has 0 amide bonds. The zero-order chi connectivity index (χ0) is 20.9. The van der Waals surface area contributed by atoms with E-state index in [1.165, 1.54) is 24.0 Å². The Kier molecular flexibility index (Phi) is 7.99. The number of ether oxygens (including phenoxy) is 1. The van der Waals surface area contributed by atoms with E-state index in [0.717, 1.165) is 44.4 Å². The van der Waals surface area contributed by atoms with Gasteiger partial charge >= 0.3 is 0 Å². The Morgan fingerprint density at radius 1 is 1.21 bits per heavy atom. The standard InChI is InChI=1S/C23H38N2O3S/c1-3-14-29(26,27)25-12-9-18(10-13-25)15-22(8-11-24)19-4-5-21-17-23(28-2)7-6-20(21)16-19/h6-7,17-19,22H,3-5,8-16,24H2,1-2H3. The van der Waals surface area contributed by atoms with E-state index in [9.17, 15) is 8.42 Å². The van der Waals surface area contributed by atoms with Crippen LogP contribution in [0.3, 0.4) is 0 Å². The van der Waals surface area contributed by atoms with Crippen molar-refractivity contribution < 1.29 is 13.2 Å². The molecular formula is C23H38N2O3S. The third-order valence-corrected chi connectivity index (χ3v) is 9.03. The molecule has 5 nitrogen and oxygen atoms in total. The van der Waals surface area contributed by atoms with Gasteiger partial charge in [-0.2, -0.15) is 0 Å². The number of hydrogen-bond acceptors (Lipinski definition) is 4. The Morgan fingerprint density at radius 2 is 1.97 bits per heavy atom. The Labute approximate surface area is 177 Å². The second-order valence-electron chi connectivity index (χ2n) is 8.87. The number of nitrogens with zero attached hydrogens (tertiary/aromatic N) is 1. The molecule has 3 rings (SSSR count). The van der Waals surface area contributed by atoms with Gasteiger partial charge in [0, 0.05) is 13.1 Å². The van der Waals surface area contributed by atoms with E-state index in [1.807, 2.05) is 6.92 Å². The first-order valence-electron chi connectivity index (χ1n) is 11.3. The highest BCUT2D eigenvalue weighted by Crippen LogP contribution is 2.38. The first-order chi connectivity index (χ1) is 14.0. The van der Waals surface area contributed by atoms with Gasteiger partial charge in [0.05, 0.1) is 12.9 Å². The highest BCUT2D eigenvalue weighted by molar-refractivity contribution is 7.89. The molecular weight excluding hydrogens is 384 g/mol. The molecule has 0 spiro atoms. The summed E-state index contributed by atoms with van der Waals surface area (Å²) < 4.78 is 31.8. The fraction of sp³-hybridized carbons (Fsp3) is 0.739. The van der Waals surface area contributed by atoms with Crippen molar-refractivity contribution in [2.24, 2.45) is 23.5 Å². The predicted octanol–water partition coefficient (Wildman–Crippen LogP) is 3.61. The first kappa shape index (κ1) is 22.6. The van der Waals surface area contributed by atoms with Crippen molar-refractivity contribution in [2.45, 2.75) is 58.3 Å². The number of piperidine rings is 1. The maximum atomic E-state index is 12.3. The summed E-state index contributed by atoms with van der Waals surface area (Å²) in [5, 5.41) is 0. The molecule has 1 aliphatic heterocycles. The summed E-state index contributed by atoms with van der Waals surface area (Å²) in [6.45, 7) is 4.05. The lowest BCUT2D eigenvalue weighted by Gasteiger charge is -2.37. The zero-order valence-electron chi connectivity index (χ0n) is 18.1. The summed E-state index contributed by atoms with van der Waals surface area (Å²) in [6.07, 6.45) is 8.40. The molecule has 6 heteroatoms. The Balaban J connectivity index is 1.58. The zero-order valence-corrected chi connectivity index (χ0v) is 18.9. The van der Waals surface area contributed by atoms with E-state index in [-0.39, 0.29) is 5.75 Å². The summed E-state index contributed by atoms with van der Waals surface area (Å²) in [7, 11) is -1.33. The van der Waals surface area contributed by atoms with E-state index in [0.29, 0.717) is 37.3 Å². The summed E-state index contributed by atoms with van der Waals surface area (Å²) >= 11 is 0. The van der Waals surface area contributed by atoms with Crippen LogP contribution in [0.25, 0.3) is 0 Å². The molecule has 1 fully saturated rings. The second kappa shape index (κ2) is 10.3. The highest BCUT2D eigenvalue weighted by atomic mass is 32.2. The van der Waals surface area contributed by atoms with E-state index < -0.39 is 10.0 Å². The van der Waals surface area contributed by atoms with Crippen LogP contribution in [-0.2, 0) is 22.9 Å². The predicted molar refractivity (Wildman–Crippen MR) is 119 cm³/mol. The van der Waals surface area contributed by atoms with E-state index in [4.69, 9.17) is 10.5 Å². The van der Waals surface area contributed by atoms with Crippen LogP contribution in [0.2, 0.25) is 0 Å². The van der Waals surface area contributed by atoms with Crippen molar-refractivity contribution >= 4 is 10.0 Å². The normalized spacial score (nSPS) is 22.2. The number of sulfonamides is 1. The highest BCUT2D eigenvalue weighted by Gasteiger charge is 2.32. The van der Waals surface area contributed by atoms with Gasteiger partial charge in [-0.1, -0.05) is 13.0 Å². The van der Waals surface area contributed by atoms with Gasteiger partial charge in [-0.25, -0.2) is 12.7 Å². The monoisotopic (exact) mass is 422 g/mol. The number of nitrogens with two attached hydrogens (primary N) is 1. The van der Waals surface area contributed by atoms with Gasteiger partial charge in [0.25, 0.3) is 0 Å². The Hall–Kier alpha value is -1.11. The average molecular weight is 423 g/mol. The van der Waals surface area contributed by atoms with Crippen molar-refractivity contribution in [1.82, 2.24) is 4.31 Å². The molecule has 2 atom stereocenters. The Bertz CT molecular complexity index is 757. The smallest absolute Gasteiger partial charge is 0.214 e. The largest absolute Gasteiger partial charge is 0.497 e. The molecule has 1 aromatic carbocycles. The molecule has 164 valence electrons. The van der Waals surface area contributed by atoms with E-state index in [1.54, 1.807) is 11.4 Å².